The second-order valence-corrected chi connectivity index (χ2v) is 4.79. The first kappa shape index (κ1) is 13.4. The Balaban J connectivity index is 1.99. The summed E-state index contributed by atoms with van der Waals surface area (Å²) in [6.45, 7) is 7.59. The van der Waals surface area contributed by atoms with Crippen molar-refractivity contribution in [3.05, 3.63) is 29.3 Å². The van der Waals surface area contributed by atoms with Gasteiger partial charge in [-0.2, -0.15) is 0 Å². The molecule has 1 aromatic rings. The largest absolute Gasteiger partial charge is 0.490 e. The average Bonchev–Trinajstić information content (AvgIpc) is 2.88. The molecule has 3 heteroatoms. The first-order chi connectivity index (χ1) is 8.81. The van der Waals surface area contributed by atoms with Crippen LogP contribution in [0.2, 0.25) is 0 Å². The molecular weight excluding hydrogens is 226 g/mol. The summed E-state index contributed by atoms with van der Waals surface area (Å²) in [7, 11) is 0. The van der Waals surface area contributed by atoms with E-state index < -0.39 is 0 Å². The van der Waals surface area contributed by atoms with Crippen molar-refractivity contribution in [2.45, 2.75) is 39.3 Å². The van der Waals surface area contributed by atoms with Gasteiger partial charge in [-0.15, -0.1) is 0 Å². The molecule has 0 radical (unpaired) electrons. The Kier molecular flexibility index (Phi) is 5.02. The van der Waals surface area contributed by atoms with Crippen LogP contribution in [0.15, 0.2) is 18.2 Å². The smallest absolute Gasteiger partial charge is 0.126 e. The quantitative estimate of drug-likeness (QED) is 0.840. The molecule has 100 valence electrons. The molecule has 0 aliphatic carbocycles. The zero-order valence-corrected chi connectivity index (χ0v) is 11.4. The van der Waals surface area contributed by atoms with Gasteiger partial charge in [-0.3, -0.25) is 0 Å². The van der Waals surface area contributed by atoms with Crippen molar-refractivity contribution in [3.8, 4) is 5.75 Å². The van der Waals surface area contributed by atoms with Gasteiger partial charge in [0.05, 0.1) is 6.10 Å². The second kappa shape index (κ2) is 6.76. The van der Waals surface area contributed by atoms with Crippen LogP contribution in [-0.2, 0) is 11.3 Å². The molecule has 1 unspecified atom stereocenters. The molecule has 0 aromatic heterocycles. The van der Waals surface area contributed by atoms with E-state index in [9.17, 15) is 0 Å². The highest BCUT2D eigenvalue weighted by molar-refractivity contribution is 5.40. The normalized spacial score (nSPS) is 19.1. The lowest BCUT2D eigenvalue weighted by molar-refractivity contribution is 0.0673. The number of para-hydroxylation sites is 1. The lowest BCUT2D eigenvalue weighted by Crippen LogP contribution is -2.19. The molecule has 1 fully saturated rings. The summed E-state index contributed by atoms with van der Waals surface area (Å²) < 4.78 is 11.6. The van der Waals surface area contributed by atoms with Crippen LogP contribution in [0, 0.1) is 6.92 Å². The maximum Gasteiger partial charge on any atom is 0.126 e. The molecule has 0 amide bonds. The van der Waals surface area contributed by atoms with Gasteiger partial charge in [0.15, 0.2) is 0 Å². The van der Waals surface area contributed by atoms with E-state index in [2.05, 4.69) is 37.4 Å². The number of nitrogens with one attached hydrogen (secondary N) is 1. The van der Waals surface area contributed by atoms with Gasteiger partial charge in [-0.05, 0) is 31.9 Å². The molecule has 1 heterocycles. The van der Waals surface area contributed by atoms with Crippen LogP contribution in [0.1, 0.15) is 30.9 Å². The van der Waals surface area contributed by atoms with E-state index in [0.29, 0.717) is 6.61 Å². The van der Waals surface area contributed by atoms with Crippen molar-refractivity contribution >= 4 is 0 Å². The zero-order chi connectivity index (χ0) is 12.8. The van der Waals surface area contributed by atoms with E-state index in [1.54, 1.807) is 0 Å². The highest BCUT2D eigenvalue weighted by Crippen LogP contribution is 2.24. The van der Waals surface area contributed by atoms with Crippen LogP contribution < -0.4 is 10.1 Å². The number of rotatable bonds is 6. The Morgan fingerprint density at radius 3 is 3.06 bits per heavy atom. The van der Waals surface area contributed by atoms with E-state index in [0.717, 1.165) is 38.3 Å². The van der Waals surface area contributed by atoms with Crippen molar-refractivity contribution < 1.29 is 9.47 Å². The third-order valence-corrected chi connectivity index (χ3v) is 3.30. The van der Waals surface area contributed by atoms with Crippen LogP contribution in [-0.4, -0.2) is 25.9 Å². The highest BCUT2D eigenvalue weighted by atomic mass is 16.5. The van der Waals surface area contributed by atoms with Crippen LogP contribution >= 0.6 is 0 Å². The maximum atomic E-state index is 5.98. The first-order valence-electron chi connectivity index (χ1n) is 6.85. The van der Waals surface area contributed by atoms with E-state index >= 15 is 0 Å². The first-order valence-corrected chi connectivity index (χ1v) is 6.85. The van der Waals surface area contributed by atoms with E-state index in [4.69, 9.17) is 9.47 Å². The van der Waals surface area contributed by atoms with Gasteiger partial charge in [0.2, 0.25) is 0 Å². The van der Waals surface area contributed by atoms with Crippen molar-refractivity contribution in [2.75, 3.05) is 19.8 Å². The lowest BCUT2D eigenvalue weighted by atomic mass is 10.1. The Morgan fingerprint density at radius 2 is 2.33 bits per heavy atom. The number of hydrogen-bond acceptors (Lipinski definition) is 3. The predicted molar refractivity (Wildman–Crippen MR) is 73.0 cm³/mol. The minimum atomic E-state index is 0.275. The fraction of sp³-hybridized carbons (Fsp3) is 0.600. The molecule has 1 N–H and O–H groups in total. The van der Waals surface area contributed by atoms with Gasteiger partial charge >= 0.3 is 0 Å². The Labute approximate surface area is 109 Å². The summed E-state index contributed by atoms with van der Waals surface area (Å²) in [5, 5.41) is 3.35. The van der Waals surface area contributed by atoms with E-state index in [1.807, 2.05) is 0 Å². The Hall–Kier alpha value is -1.06. The molecule has 1 aliphatic heterocycles. The summed E-state index contributed by atoms with van der Waals surface area (Å²) in [4.78, 5) is 0. The second-order valence-electron chi connectivity index (χ2n) is 4.79. The Morgan fingerprint density at radius 1 is 1.44 bits per heavy atom. The van der Waals surface area contributed by atoms with E-state index in [-0.39, 0.29) is 6.10 Å². The van der Waals surface area contributed by atoms with Crippen LogP contribution in [0.5, 0.6) is 5.75 Å². The standard InChI is InChI=1S/C15H23NO2/c1-3-16-10-13-7-4-6-12(2)15(13)18-11-14-8-5-9-17-14/h4,6-7,14,16H,3,5,8-11H2,1-2H3. The highest BCUT2D eigenvalue weighted by Gasteiger charge is 2.17. The minimum Gasteiger partial charge on any atom is -0.490 e. The fourth-order valence-electron chi connectivity index (χ4n) is 2.27. The summed E-state index contributed by atoms with van der Waals surface area (Å²) >= 11 is 0. The van der Waals surface area contributed by atoms with Crippen LogP contribution in [0.25, 0.3) is 0 Å². The molecule has 2 rings (SSSR count). The van der Waals surface area contributed by atoms with Crippen molar-refractivity contribution in [3.63, 3.8) is 0 Å². The zero-order valence-electron chi connectivity index (χ0n) is 11.4. The van der Waals surface area contributed by atoms with E-state index in [1.165, 1.54) is 11.1 Å². The fourth-order valence-corrected chi connectivity index (χ4v) is 2.27. The molecule has 1 atom stereocenters. The summed E-state index contributed by atoms with van der Waals surface area (Å²) in [6.07, 6.45) is 2.55. The average molecular weight is 249 g/mol. The monoisotopic (exact) mass is 249 g/mol. The van der Waals surface area contributed by atoms with Gasteiger partial charge in [0, 0.05) is 18.7 Å². The molecule has 0 spiro atoms. The summed E-state index contributed by atoms with van der Waals surface area (Å²) in [5.74, 6) is 1.02. The number of aryl methyl sites for hydroxylation is 1. The third kappa shape index (κ3) is 3.47. The lowest BCUT2D eigenvalue weighted by Gasteiger charge is -2.17. The number of benzene rings is 1. The van der Waals surface area contributed by atoms with Gasteiger partial charge in [0.1, 0.15) is 12.4 Å². The molecule has 1 saturated heterocycles. The predicted octanol–water partition coefficient (Wildman–Crippen LogP) is 2.66. The van der Waals surface area contributed by atoms with Crippen LogP contribution in [0.3, 0.4) is 0 Å². The van der Waals surface area contributed by atoms with Crippen molar-refractivity contribution in [2.24, 2.45) is 0 Å². The maximum absolute atomic E-state index is 5.98. The molecule has 0 saturated carbocycles. The SMILES string of the molecule is CCNCc1cccc(C)c1OCC1CCCO1. The van der Waals surface area contributed by atoms with Crippen molar-refractivity contribution in [1.82, 2.24) is 5.32 Å². The van der Waals surface area contributed by atoms with Gasteiger partial charge in [-0.25, -0.2) is 0 Å². The topological polar surface area (TPSA) is 30.5 Å². The number of hydrogen-bond donors (Lipinski definition) is 1. The summed E-state index contributed by atoms with van der Waals surface area (Å²) in [5.41, 5.74) is 2.43. The molecule has 1 aromatic carbocycles. The van der Waals surface area contributed by atoms with Crippen molar-refractivity contribution in [1.29, 1.82) is 0 Å². The molecule has 18 heavy (non-hydrogen) atoms. The number of ether oxygens (including phenoxy) is 2. The van der Waals surface area contributed by atoms with Gasteiger partial charge in [-0.1, -0.05) is 25.1 Å². The summed E-state index contributed by atoms with van der Waals surface area (Å²) in [6, 6.07) is 6.31. The minimum absolute atomic E-state index is 0.275. The van der Waals surface area contributed by atoms with Gasteiger partial charge < -0.3 is 14.8 Å². The molecule has 1 aliphatic rings. The van der Waals surface area contributed by atoms with Gasteiger partial charge in [0.25, 0.3) is 0 Å². The third-order valence-electron chi connectivity index (χ3n) is 3.30. The van der Waals surface area contributed by atoms with Crippen LogP contribution in [0.4, 0.5) is 0 Å². The Bertz CT molecular complexity index is 373. The molecule has 3 nitrogen and oxygen atoms in total. The molecule has 0 bridgehead atoms. The molecular formula is C15H23NO2.